The standard InChI is InChI=1S/C11H18N2O3S/c1-7(2)9(5-16-3)12-4-8-6-17-10(13-8)11(14)15/h6-7,9,12H,4-5H2,1-3H3,(H,14,15). The van der Waals surface area contributed by atoms with Gasteiger partial charge >= 0.3 is 5.97 Å². The van der Waals surface area contributed by atoms with Crippen molar-refractivity contribution in [3.63, 3.8) is 0 Å². The molecular formula is C11H18N2O3S. The number of hydrogen-bond donors (Lipinski definition) is 2. The van der Waals surface area contributed by atoms with Gasteiger partial charge in [-0.25, -0.2) is 9.78 Å². The van der Waals surface area contributed by atoms with E-state index in [-0.39, 0.29) is 11.0 Å². The molecule has 0 aliphatic carbocycles. The minimum atomic E-state index is -0.974. The van der Waals surface area contributed by atoms with Crippen LogP contribution in [0.4, 0.5) is 0 Å². The molecule has 0 aliphatic heterocycles. The molecule has 0 fully saturated rings. The lowest BCUT2D eigenvalue weighted by Gasteiger charge is -2.20. The number of aromatic nitrogens is 1. The summed E-state index contributed by atoms with van der Waals surface area (Å²) in [6.45, 7) is 5.42. The molecule has 0 spiro atoms. The Balaban J connectivity index is 2.50. The van der Waals surface area contributed by atoms with Crippen LogP contribution in [0.2, 0.25) is 0 Å². The number of carboxylic acid groups (broad SMARTS) is 1. The van der Waals surface area contributed by atoms with Gasteiger partial charge in [-0.3, -0.25) is 0 Å². The molecule has 0 bridgehead atoms. The molecule has 1 rings (SSSR count). The summed E-state index contributed by atoms with van der Waals surface area (Å²) in [4.78, 5) is 14.7. The van der Waals surface area contributed by atoms with Crippen LogP contribution in [-0.2, 0) is 11.3 Å². The number of carbonyl (C=O) groups is 1. The van der Waals surface area contributed by atoms with Crippen molar-refractivity contribution in [2.45, 2.75) is 26.4 Å². The fourth-order valence-corrected chi connectivity index (χ4v) is 2.04. The van der Waals surface area contributed by atoms with Gasteiger partial charge in [0, 0.05) is 25.1 Å². The van der Waals surface area contributed by atoms with Crippen molar-refractivity contribution in [3.8, 4) is 0 Å². The van der Waals surface area contributed by atoms with E-state index in [0.717, 1.165) is 17.0 Å². The van der Waals surface area contributed by atoms with Crippen LogP contribution >= 0.6 is 11.3 Å². The highest BCUT2D eigenvalue weighted by Gasteiger charge is 2.14. The second-order valence-corrected chi connectivity index (χ2v) is 4.99. The highest BCUT2D eigenvalue weighted by molar-refractivity contribution is 7.11. The van der Waals surface area contributed by atoms with Crippen molar-refractivity contribution in [2.24, 2.45) is 5.92 Å². The van der Waals surface area contributed by atoms with Gasteiger partial charge in [0.15, 0.2) is 0 Å². The van der Waals surface area contributed by atoms with Gasteiger partial charge in [-0.1, -0.05) is 13.8 Å². The average Bonchev–Trinajstić information content (AvgIpc) is 2.72. The van der Waals surface area contributed by atoms with Crippen molar-refractivity contribution in [1.29, 1.82) is 0 Å². The molecule has 0 amide bonds. The molecule has 0 radical (unpaired) electrons. The lowest BCUT2D eigenvalue weighted by Crippen LogP contribution is -2.37. The largest absolute Gasteiger partial charge is 0.476 e. The van der Waals surface area contributed by atoms with Crippen LogP contribution < -0.4 is 5.32 Å². The predicted octanol–water partition coefficient (Wildman–Crippen LogP) is 1.60. The number of nitrogens with zero attached hydrogens (tertiary/aromatic N) is 1. The highest BCUT2D eigenvalue weighted by Crippen LogP contribution is 2.10. The quantitative estimate of drug-likeness (QED) is 0.777. The summed E-state index contributed by atoms with van der Waals surface area (Å²) >= 11 is 1.15. The Morgan fingerprint density at radius 1 is 1.65 bits per heavy atom. The summed E-state index contributed by atoms with van der Waals surface area (Å²) < 4.78 is 5.12. The monoisotopic (exact) mass is 258 g/mol. The molecule has 2 N–H and O–H groups in total. The van der Waals surface area contributed by atoms with Crippen LogP contribution in [0.3, 0.4) is 0 Å². The first kappa shape index (κ1) is 14.1. The zero-order chi connectivity index (χ0) is 12.8. The SMILES string of the molecule is COCC(NCc1csc(C(=O)O)n1)C(C)C. The first-order chi connectivity index (χ1) is 8.04. The first-order valence-corrected chi connectivity index (χ1v) is 6.32. The molecule has 0 aromatic carbocycles. The third kappa shape index (κ3) is 4.41. The summed E-state index contributed by atoms with van der Waals surface area (Å²) in [6, 6.07) is 0.245. The molecule has 6 heteroatoms. The molecule has 0 saturated heterocycles. The van der Waals surface area contributed by atoms with Gasteiger partial charge in [-0.05, 0) is 5.92 Å². The number of rotatable bonds is 7. The Morgan fingerprint density at radius 3 is 2.82 bits per heavy atom. The molecule has 1 atom stereocenters. The van der Waals surface area contributed by atoms with Crippen molar-refractivity contribution in [1.82, 2.24) is 10.3 Å². The third-order valence-electron chi connectivity index (χ3n) is 2.43. The summed E-state index contributed by atoms with van der Waals surface area (Å²) in [5, 5.41) is 14.0. The Morgan fingerprint density at radius 2 is 2.35 bits per heavy atom. The van der Waals surface area contributed by atoms with Gasteiger partial charge in [-0.2, -0.15) is 0 Å². The van der Waals surface area contributed by atoms with E-state index >= 15 is 0 Å². The predicted molar refractivity (Wildman–Crippen MR) is 66.4 cm³/mol. The number of aromatic carboxylic acids is 1. The molecule has 5 nitrogen and oxygen atoms in total. The summed E-state index contributed by atoms with van der Waals surface area (Å²) in [7, 11) is 1.67. The maximum Gasteiger partial charge on any atom is 0.365 e. The average molecular weight is 258 g/mol. The second-order valence-electron chi connectivity index (χ2n) is 4.14. The van der Waals surface area contributed by atoms with Gasteiger partial charge in [-0.15, -0.1) is 11.3 Å². The van der Waals surface area contributed by atoms with E-state index in [4.69, 9.17) is 9.84 Å². The topological polar surface area (TPSA) is 71.5 Å². The minimum Gasteiger partial charge on any atom is -0.476 e. The molecular weight excluding hydrogens is 240 g/mol. The fourth-order valence-electron chi connectivity index (χ4n) is 1.39. The van der Waals surface area contributed by atoms with Gasteiger partial charge in [0.25, 0.3) is 0 Å². The number of hydrogen-bond acceptors (Lipinski definition) is 5. The smallest absolute Gasteiger partial charge is 0.365 e. The van der Waals surface area contributed by atoms with Crippen LogP contribution in [0.1, 0.15) is 29.3 Å². The van der Waals surface area contributed by atoms with Gasteiger partial charge < -0.3 is 15.2 Å². The van der Waals surface area contributed by atoms with E-state index in [9.17, 15) is 4.79 Å². The van der Waals surface area contributed by atoms with Crippen molar-refractivity contribution in [3.05, 3.63) is 16.1 Å². The van der Waals surface area contributed by atoms with Crippen LogP contribution in [-0.4, -0.2) is 35.8 Å². The van der Waals surface area contributed by atoms with Crippen molar-refractivity contribution in [2.75, 3.05) is 13.7 Å². The number of methoxy groups -OCH3 is 1. The number of carboxylic acids is 1. The summed E-state index contributed by atoms with van der Waals surface area (Å²) in [6.07, 6.45) is 0. The molecule has 17 heavy (non-hydrogen) atoms. The number of nitrogens with one attached hydrogen (secondary N) is 1. The minimum absolute atomic E-state index is 0.134. The Hall–Kier alpha value is -0.980. The zero-order valence-electron chi connectivity index (χ0n) is 10.3. The molecule has 1 aromatic rings. The second kappa shape index (κ2) is 6.68. The van der Waals surface area contributed by atoms with E-state index in [0.29, 0.717) is 19.1 Å². The van der Waals surface area contributed by atoms with Crippen LogP contribution in [0.5, 0.6) is 0 Å². The van der Waals surface area contributed by atoms with E-state index in [1.807, 2.05) is 0 Å². The van der Waals surface area contributed by atoms with Gasteiger partial charge in [0.2, 0.25) is 5.01 Å². The van der Waals surface area contributed by atoms with Crippen LogP contribution in [0.25, 0.3) is 0 Å². The third-order valence-corrected chi connectivity index (χ3v) is 3.31. The van der Waals surface area contributed by atoms with Gasteiger partial charge in [0.05, 0.1) is 12.3 Å². The molecule has 96 valence electrons. The molecule has 0 saturated carbocycles. The lowest BCUT2D eigenvalue weighted by atomic mass is 10.1. The molecule has 1 heterocycles. The maximum absolute atomic E-state index is 10.7. The van der Waals surface area contributed by atoms with E-state index < -0.39 is 5.97 Å². The van der Waals surface area contributed by atoms with Crippen molar-refractivity contribution >= 4 is 17.3 Å². The van der Waals surface area contributed by atoms with Crippen LogP contribution in [0, 0.1) is 5.92 Å². The maximum atomic E-state index is 10.7. The lowest BCUT2D eigenvalue weighted by molar-refractivity contribution is 0.0696. The van der Waals surface area contributed by atoms with E-state index in [1.165, 1.54) is 0 Å². The number of thiazole rings is 1. The highest BCUT2D eigenvalue weighted by atomic mass is 32.1. The summed E-state index contributed by atoms with van der Waals surface area (Å²) in [5.41, 5.74) is 0.758. The molecule has 1 aromatic heterocycles. The Labute approximate surface area is 105 Å². The normalized spacial score (nSPS) is 12.9. The Bertz CT molecular complexity index is 365. The molecule has 0 aliphatic rings. The van der Waals surface area contributed by atoms with E-state index in [2.05, 4.69) is 24.1 Å². The van der Waals surface area contributed by atoms with Gasteiger partial charge in [0.1, 0.15) is 0 Å². The van der Waals surface area contributed by atoms with Crippen molar-refractivity contribution < 1.29 is 14.6 Å². The summed E-state index contributed by atoms with van der Waals surface area (Å²) in [5.74, 6) is -0.522. The van der Waals surface area contributed by atoms with E-state index in [1.54, 1.807) is 12.5 Å². The first-order valence-electron chi connectivity index (χ1n) is 5.44. The zero-order valence-corrected chi connectivity index (χ0v) is 11.1. The fraction of sp³-hybridized carbons (Fsp3) is 0.636. The number of ether oxygens (including phenoxy) is 1. The van der Waals surface area contributed by atoms with Crippen LogP contribution in [0.15, 0.2) is 5.38 Å². The molecule has 1 unspecified atom stereocenters. The Kier molecular flexibility index (Phi) is 5.54.